The average Bonchev–Trinajstić information content (AvgIpc) is 2.66. The number of fused-ring (bicyclic) bond motifs is 1. The van der Waals surface area contributed by atoms with E-state index in [1.807, 2.05) is 25.3 Å². The van der Waals surface area contributed by atoms with Crippen molar-refractivity contribution in [2.75, 3.05) is 18.5 Å². The lowest BCUT2D eigenvalue weighted by atomic mass is 9.83. The molecule has 0 saturated carbocycles. The van der Waals surface area contributed by atoms with Crippen LogP contribution in [0.2, 0.25) is 0 Å². The fraction of sp³-hybridized carbons (Fsp3) is 0.455. The number of carbonyl (C=O) groups excluding carboxylic acids is 1. The molecule has 0 atom stereocenters. The number of nitrogens with one attached hydrogen (secondary N) is 1. The second-order valence-corrected chi connectivity index (χ2v) is 7.75. The molecule has 5 nitrogen and oxygen atoms in total. The van der Waals surface area contributed by atoms with Crippen LogP contribution in [0.15, 0.2) is 29.2 Å². The van der Waals surface area contributed by atoms with Crippen LogP contribution in [0.4, 0.5) is 5.69 Å². The molecule has 3 heterocycles. The highest BCUT2D eigenvalue weighted by Crippen LogP contribution is 2.36. The number of nitrogens with zero attached hydrogens (tertiary/aromatic N) is 1. The van der Waals surface area contributed by atoms with Gasteiger partial charge in [-0.15, -0.1) is 0 Å². The number of anilines is 1. The average molecular weight is 366 g/mol. The molecule has 5 heteroatoms. The van der Waals surface area contributed by atoms with Gasteiger partial charge in [0, 0.05) is 44.1 Å². The van der Waals surface area contributed by atoms with E-state index in [0.717, 1.165) is 55.7 Å². The Balaban J connectivity index is 1.83. The summed E-state index contributed by atoms with van der Waals surface area (Å²) >= 11 is 0. The predicted octanol–water partition coefficient (Wildman–Crippen LogP) is 3.21. The number of benzene rings is 1. The van der Waals surface area contributed by atoms with Crippen molar-refractivity contribution < 1.29 is 9.53 Å². The van der Waals surface area contributed by atoms with E-state index in [2.05, 4.69) is 11.4 Å². The predicted molar refractivity (Wildman–Crippen MR) is 106 cm³/mol. The summed E-state index contributed by atoms with van der Waals surface area (Å²) < 4.78 is 7.19. The summed E-state index contributed by atoms with van der Waals surface area (Å²) in [5.74, 6) is 0.681. The summed E-state index contributed by atoms with van der Waals surface area (Å²) in [7, 11) is 1.80. The van der Waals surface area contributed by atoms with Gasteiger partial charge in [-0.2, -0.15) is 0 Å². The quantitative estimate of drug-likeness (QED) is 0.907. The lowest BCUT2D eigenvalue weighted by Crippen LogP contribution is -2.23. The molecule has 1 fully saturated rings. The number of hydrogen-bond acceptors (Lipinski definition) is 3. The van der Waals surface area contributed by atoms with Crippen molar-refractivity contribution in [1.82, 2.24) is 4.57 Å². The molecule has 4 rings (SSSR count). The number of carbonyl (C=O) groups is 1. The van der Waals surface area contributed by atoms with Crippen LogP contribution in [0.3, 0.4) is 0 Å². The molecule has 0 bridgehead atoms. The van der Waals surface area contributed by atoms with Crippen LogP contribution in [-0.4, -0.2) is 23.7 Å². The van der Waals surface area contributed by atoms with Crippen molar-refractivity contribution in [3.8, 4) is 11.1 Å². The summed E-state index contributed by atoms with van der Waals surface area (Å²) in [5.41, 5.74) is 6.54. The van der Waals surface area contributed by atoms with E-state index in [1.54, 1.807) is 11.6 Å². The van der Waals surface area contributed by atoms with Crippen LogP contribution in [0.25, 0.3) is 11.1 Å². The van der Waals surface area contributed by atoms with Crippen LogP contribution < -0.4 is 10.9 Å². The fourth-order valence-electron chi connectivity index (χ4n) is 4.31. The Morgan fingerprint density at radius 1 is 1.19 bits per heavy atom. The normalized spacial score (nSPS) is 17.5. The highest BCUT2D eigenvalue weighted by atomic mass is 16.5. The molecule has 0 spiro atoms. The Morgan fingerprint density at radius 3 is 2.70 bits per heavy atom. The van der Waals surface area contributed by atoms with Gasteiger partial charge in [0.1, 0.15) is 0 Å². The first kappa shape index (κ1) is 18.0. The molecule has 1 N–H and O–H groups in total. The minimum Gasteiger partial charge on any atom is -0.381 e. The van der Waals surface area contributed by atoms with Gasteiger partial charge in [-0.3, -0.25) is 9.59 Å². The molecule has 1 aromatic heterocycles. The third-order valence-corrected chi connectivity index (χ3v) is 5.81. The molecule has 1 saturated heterocycles. The standard InChI is InChI=1S/C22H26N2O3/c1-14-11-16(13-24(2)22(14)26)17-3-5-20-18(4-6-21(25)23-20)19(17)12-15-7-9-27-10-8-15/h3,5,11,13,15H,4,6-10,12H2,1-2H3,(H,23,25). The van der Waals surface area contributed by atoms with Gasteiger partial charge < -0.3 is 14.6 Å². The molecule has 0 radical (unpaired) electrons. The molecular weight excluding hydrogens is 340 g/mol. The Morgan fingerprint density at radius 2 is 1.96 bits per heavy atom. The zero-order valence-corrected chi connectivity index (χ0v) is 16.0. The van der Waals surface area contributed by atoms with Crippen molar-refractivity contribution in [1.29, 1.82) is 0 Å². The second kappa shape index (κ2) is 7.31. The van der Waals surface area contributed by atoms with E-state index in [4.69, 9.17) is 4.74 Å². The van der Waals surface area contributed by atoms with Crippen LogP contribution in [0, 0.1) is 12.8 Å². The van der Waals surface area contributed by atoms with Gasteiger partial charge in [-0.1, -0.05) is 6.07 Å². The summed E-state index contributed by atoms with van der Waals surface area (Å²) in [4.78, 5) is 24.0. The molecule has 2 aromatic rings. The lowest BCUT2D eigenvalue weighted by Gasteiger charge is -2.27. The zero-order chi connectivity index (χ0) is 19.0. The van der Waals surface area contributed by atoms with Gasteiger partial charge in [0.2, 0.25) is 5.91 Å². The van der Waals surface area contributed by atoms with Crippen LogP contribution >= 0.6 is 0 Å². The third kappa shape index (κ3) is 3.56. The van der Waals surface area contributed by atoms with Gasteiger partial charge in [0.05, 0.1) is 0 Å². The highest BCUT2D eigenvalue weighted by molar-refractivity contribution is 5.95. The van der Waals surface area contributed by atoms with Crippen molar-refractivity contribution >= 4 is 11.6 Å². The van der Waals surface area contributed by atoms with Crippen LogP contribution in [0.1, 0.15) is 36.0 Å². The maximum Gasteiger partial charge on any atom is 0.253 e. The molecule has 2 aliphatic heterocycles. The van der Waals surface area contributed by atoms with E-state index in [0.29, 0.717) is 12.3 Å². The van der Waals surface area contributed by atoms with E-state index < -0.39 is 0 Å². The molecule has 1 amide bonds. The summed E-state index contributed by atoms with van der Waals surface area (Å²) in [5, 5.41) is 3.03. The Bertz CT molecular complexity index is 913. The van der Waals surface area contributed by atoms with Crippen molar-refractivity contribution in [3.63, 3.8) is 0 Å². The monoisotopic (exact) mass is 366 g/mol. The number of ether oxygens (including phenoxy) is 1. The number of aromatic nitrogens is 1. The lowest BCUT2D eigenvalue weighted by molar-refractivity contribution is -0.116. The molecule has 2 aliphatic rings. The van der Waals surface area contributed by atoms with Crippen molar-refractivity contribution in [3.05, 3.63) is 51.4 Å². The van der Waals surface area contributed by atoms with Crippen molar-refractivity contribution in [2.24, 2.45) is 13.0 Å². The van der Waals surface area contributed by atoms with E-state index in [9.17, 15) is 9.59 Å². The smallest absolute Gasteiger partial charge is 0.253 e. The van der Waals surface area contributed by atoms with Gasteiger partial charge in [-0.05, 0) is 72.9 Å². The Hall–Kier alpha value is -2.40. The van der Waals surface area contributed by atoms with E-state index in [-0.39, 0.29) is 11.5 Å². The molecule has 0 aliphatic carbocycles. The molecular formula is C22H26N2O3. The molecule has 27 heavy (non-hydrogen) atoms. The van der Waals surface area contributed by atoms with Gasteiger partial charge >= 0.3 is 0 Å². The SMILES string of the molecule is Cc1cc(-c2ccc3c(c2CC2CCOCC2)CCC(=O)N3)cn(C)c1=O. The first-order valence-corrected chi connectivity index (χ1v) is 9.73. The summed E-state index contributed by atoms with van der Waals surface area (Å²) in [6.45, 7) is 3.51. The van der Waals surface area contributed by atoms with Crippen LogP contribution in [0.5, 0.6) is 0 Å². The highest BCUT2D eigenvalue weighted by Gasteiger charge is 2.24. The Kier molecular flexibility index (Phi) is 4.87. The Labute approximate surface area is 159 Å². The van der Waals surface area contributed by atoms with Crippen LogP contribution in [-0.2, 0) is 29.4 Å². The molecule has 1 aromatic carbocycles. The van der Waals surface area contributed by atoms with Crippen molar-refractivity contribution in [2.45, 2.75) is 39.0 Å². The first-order chi connectivity index (χ1) is 13.0. The third-order valence-electron chi connectivity index (χ3n) is 5.81. The molecule has 142 valence electrons. The number of amides is 1. The number of rotatable bonds is 3. The number of pyridine rings is 1. The minimum atomic E-state index is 0.0370. The van der Waals surface area contributed by atoms with Gasteiger partial charge in [0.25, 0.3) is 5.56 Å². The largest absolute Gasteiger partial charge is 0.381 e. The maximum absolute atomic E-state index is 12.1. The van der Waals surface area contributed by atoms with Gasteiger partial charge in [-0.25, -0.2) is 0 Å². The second-order valence-electron chi connectivity index (χ2n) is 7.75. The van der Waals surface area contributed by atoms with E-state index >= 15 is 0 Å². The summed E-state index contributed by atoms with van der Waals surface area (Å²) in [6, 6.07) is 6.09. The molecule has 0 unspecified atom stereocenters. The first-order valence-electron chi connectivity index (χ1n) is 9.73. The number of aryl methyl sites for hydroxylation is 2. The van der Waals surface area contributed by atoms with E-state index in [1.165, 1.54) is 16.7 Å². The maximum atomic E-state index is 12.1. The zero-order valence-electron chi connectivity index (χ0n) is 16.0. The topological polar surface area (TPSA) is 60.3 Å². The number of hydrogen-bond donors (Lipinski definition) is 1. The fourth-order valence-corrected chi connectivity index (χ4v) is 4.31. The summed E-state index contributed by atoms with van der Waals surface area (Å²) in [6.07, 6.45) is 6.36. The minimum absolute atomic E-state index is 0.0370. The van der Waals surface area contributed by atoms with Gasteiger partial charge in [0.15, 0.2) is 0 Å².